The van der Waals surface area contributed by atoms with Crippen LogP contribution < -0.4 is 15.6 Å². The number of methoxy groups -OCH3 is 1. The number of nitrogens with zero attached hydrogens (tertiary/aromatic N) is 6. The number of anilines is 2. The number of aromatic hydroxyl groups is 3. The van der Waals surface area contributed by atoms with Gasteiger partial charge in [-0.2, -0.15) is 5.10 Å². The lowest BCUT2D eigenvalue weighted by Crippen LogP contribution is -2.49. The number of aromatic carboxylic acids is 1. The van der Waals surface area contributed by atoms with E-state index in [1.165, 1.54) is 70.4 Å². The Morgan fingerprint density at radius 2 is 1.59 bits per heavy atom. The second kappa shape index (κ2) is 25.1. The average Bonchev–Trinajstić information content (AvgIpc) is 1.43. The molecule has 1 unspecified atom stereocenters. The van der Waals surface area contributed by atoms with Crippen molar-refractivity contribution in [3.63, 3.8) is 0 Å². The van der Waals surface area contributed by atoms with Crippen molar-refractivity contribution in [3.05, 3.63) is 122 Å². The van der Waals surface area contributed by atoms with E-state index in [4.69, 9.17) is 14.2 Å². The van der Waals surface area contributed by atoms with Crippen LogP contribution >= 0.6 is 0 Å². The summed E-state index contributed by atoms with van der Waals surface area (Å²) < 4.78 is 63.9. The van der Waals surface area contributed by atoms with Crippen molar-refractivity contribution in [2.75, 3.05) is 56.6 Å². The van der Waals surface area contributed by atoms with Crippen molar-refractivity contribution >= 4 is 69.1 Å². The molecule has 88 heavy (non-hydrogen) atoms. The fraction of sp³-hybridized carbons (Fsp3) is 0.429. The van der Waals surface area contributed by atoms with Crippen molar-refractivity contribution in [1.29, 1.82) is 0 Å². The summed E-state index contributed by atoms with van der Waals surface area (Å²) in [5.74, 6) is -12.6. The van der Waals surface area contributed by atoms with Gasteiger partial charge in [0.2, 0.25) is 17.1 Å². The molecule has 5 aliphatic rings. The van der Waals surface area contributed by atoms with Gasteiger partial charge in [0.1, 0.15) is 34.8 Å². The molecule has 10 rings (SSSR count). The number of carbonyl (C=O) groups excluding carboxylic acids is 4. The number of fused-ring (bicyclic) bond motifs is 15. The summed E-state index contributed by atoms with van der Waals surface area (Å²) in [5, 5.41) is 77.3. The number of ether oxygens (including phenoxy) is 3. The third kappa shape index (κ3) is 11.9. The number of rotatable bonds is 8. The van der Waals surface area contributed by atoms with E-state index in [0.29, 0.717) is 11.6 Å². The van der Waals surface area contributed by atoms with Crippen LogP contribution in [0, 0.1) is 54.0 Å². The van der Waals surface area contributed by atoms with E-state index < -0.39 is 134 Å². The Hall–Kier alpha value is -8.81. The first-order valence-electron chi connectivity index (χ1n) is 28.7. The van der Waals surface area contributed by atoms with Crippen LogP contribution in [0.2, 0.25) is 0 Å². The number of pyridine rings is 2. The number of esters is 1. The van der Waals surface area contributed by atoms with Crippen LogP contribution in [0.5, 0.6) is 17.2 Å². The van der Waals surface area contributed by atoms with E-state index in [-0.39, 0.29) is 114 Å². The zero-order chi connectivity index (χ0) is 64.1. The Kier molecular flexibility index (Phi) is 18.2. The number of amides is 2. The Bertz CT molecular complexity index is 3860. The lowest BCUT2D eigenvalue weighted by Gasteiger charge is -2.38. The number of nitrogens with one attached hydrogen (secondary N) is 1. The number of Topliss-reactive ketones (excluding diaryl/α,β-unsaturated/α-hetero) is 1. The van der Waals surface area contributed by atoms with Crippen LogP contribution in [-0.4, -0.2) is 162 Å². The van der Waals surface area contributed by atoms with Crippen LogP contribution in [0.25, 0.3) is 27.5 Å². The molecule has 4 aliphatic heterocycles. The van der Waals surface area contributed by atoms with Gasteiger partial charge in [0.25, 0.3) is 5.91 Å². The summed E-state index contributed by atoms with van der Waals surface area (Å²) in [7, 11) is 1.43. The number of hydrogen-bond donors (Lipinski definition) is 7. The molecule has 2 saturated heterocycles. The molecule has 1 aliphatic carbocycles. The predicted molar refractivity (Wildman–Crippen MR) is 317 cm³/mol. The summed E-state index contributed by atoms with van der Waals surface area (Å²) in [6, 6.07) is 3.29. The minimum atomic E-state index is -1.67. The van der Waals surface area contributed by atoms with Crippen LogP contribution in [0.3, 0.4) is 0 Å². The molecule has 2 amide bonds. The van der Waals surface area contributed by atoms with Gasteiger partial charge in [0.05, 0.1) is 77.5 Å². The molecule has 2 aromatic heterocycles. The molecule has 468 valence electrons. The summed E-state index contributed by atoms with van der Waals surface area (Å²) >= 11 is 0. The topological polar surface area (TPSA) is 303 Å². The first-order valence-corrected chi connectivity index (χ1v) is 28.7. The molecular formula is C63H70F3N7O15. The SMILES string of the molecule is CO[C@H]1C=CO[C@@]2(C)Cc3c(C)c(O)c4c(O)c(c(C=NN5CCN(C(=O)C6CCN(c7nc8c(cc7F)c(=O)c(C(=O)O)cn8-c7ccc(F)cc7F)C6)CC5)c(O)c4c3C2=O)NC(=O)C(C)=CC=C[C@H](C)[C@H](O)[C@@H](C)[C@@H](O)[C@@H](C)[C@H](OC(C)=O)[C@@H]1C. The third-order valence-corrected chi connectivity index (χ3v) is 17.6. The van der Waals surface area contributed by atoms with E-state index in [0.717, 1.165) is 29.0 Å². The highest BCUT2D eigenvalue weighted by Crippen LogP contribution is 2.53. The van der Waals surface area contributed by atoms with Crippen LogP contribution in [0.4, 0.5) is 24.7 Å². The van der Waals surface area contributed by atoms with Crippen LogP contribution in [0.1, 0.15) is 92.3 Å². The van der Waals surface area contributed by atoms with Gasteiger partial charge in [-0.05, 0) is 62.6 Å². The third-order valence-electron chi connectivity index (χ3n) is 17.6. The van der Waals surface area contributed by atoms with Crippen LogP contribution in [-0.2, 0) is 35.0 Å². The van der Waals surface area contributed by atoms with Gasteiger partial charge in [0.15, 0.2) is 28.6 Å². The van der Waals surface area contributed by atoms with Crippen molar-refractivity contribution in [1.82, 2.24) is 19.5 Å². The summed E-state index contributed by atoms with van der Waals surface area (Å²) in [4.78, 5) is 88.3. The van der Waals surface area contributed by atoms with Crippen molar-refractivity contribution in [3.8, 4) is 22.9 Å². The Balaban J connectivity index is 1.01. The number of hydrazone groups is 1. The highest BCUT2D eigenvalue weighted by atomic mass is 19.1. The number of benzene rings is 3. The quantitative estimate of drug-likeness (QED) is 0.0364. The van der Waals surface area contributed by atoms with E-state index >= 15 is 8.78 Å². The van der Waals surface area contributed by atoms with Gasteiger partial charge in [-0.1, -0.05) is 45.9 Å². The number of ketones is 1. The normalized spacial score (nSPS) is 25.7. The summed E-state index contributed by atoms with van der Waals surface area (Å²) in [5.41, 5.74) is -4.41. The molecule has 0 radical (unpaired) electrons. The van der Waals surface area contributed by atoms with E-state index in [2.05, 4.69) is 15.4 Å². The fourth-order valence-corrected chi connectivity index (χ4v) is 12.4. The molecule has 6 heterocycles. The van der Waals surface area contributed by atoms with Crippen molar-refractivity contribution < 1.29 is 82.0 Å². The number of carbonyl (C=O) groups is 5. The zero-order valence-electron chi connectivity index (χ0n) is 49.9. The Labute approximate surface area is 503 Å². The second-order valence-corrected chi connectivity index (χ2v) is 23.4. The van der Waals surface area contributed by atoms with E-state index in [9.17, 15) is 63.8 Å². The van der Waals surface area contributed by atoms with Crippen molar-refractivity contribution in [2.24, 2.45) is 34.7 Å². The number of phenolic OH excluding ortho intramolecular Hbond substituents is 3. The van der Waals surface area contributed by atoms with Crippen molar-refractivity contribution in [2.45, 2.75) is 98.2 Å². The number of hydrogen-bond acceptors (Lipinski definition) is 18. The second-order valence-electron chi connectivity index (χ2n) is 23.4. The Morgan fingerprint density at radius 1 is 0.886 bits per heavy atom. The smallest absolute Gasteiger partial charge is 0.341 e. The molecular weight excluding hydrogens is 1150 g/mol. The minimum Gasteiger partial charge on any atom is -0.507 e. The number of aliphatic hydroxyl groups is 2. The Morgan fingerprint density at radius 3 is 2.25 bits per heavy atom. The maximum Gasteiger partial charge on any atom is 0.341 e. The molecule has 5 aromatic rings. The zero-order valence-corrected chi connectivity index (χ0v) is 49.9. The van der Waals surface area contributed by atoms with Gasteiger partial charge < -0.3 is 60.0 Å². The standard InChI is InChI=1S/C63H70F3N7O15/c1-29-11-10-12-30(2)60(82)68-49-40(54(79)47-46-39(31(3)52(77)48(47)55(49)80)25-63(8,57(46)81)87-22-16-45(86-9)32(4)56(88-35(7)74)34(6)51(76)33(5)50(29)75)26-67-72-20-18-70(19-21-72)61(83)36-15-17-71(27-36)59-43(66)24-38-53(78)41(62(84)85)28-73(58(38)69-59)44-14-13-37(64)23-42(44)65/h10-14,16,22-24,26,28-29,32-34,36,45,50-51,56,75-77,79-80H,15,17-21,25,27H2,1-9H3,(H,68,82)(H,84,85)/t29-,32+,33+,34+,36?,45-,50-,51+,56+,63-/m0/s1. The fourth-order valence-electron chi connectivity index (χ4n) is 12.4. The molecule has 7 N–H and O–H groups in total. The maximum absolute atomic E-state index is 16.0. The molecule has 3 aromatic carbocycles. The first-order chi connectivity index (χ1) is 41.6. The number of phenols is 3. The molecule has 10 atom stereocenters. The van der Waals surface area contributed by atoms with E-state index in [1.807, 2.05) is 0 Å². The predicted octanol–water partition coefficient (Wildman–Crippen LogP) is 6.78. The van der Waals surface area contributed by atoms with Gasteiger partial charge in [0, 0.05) is 99.1 Å². The number of carboxylic acid groups (broad SMARTS) is 1. The van der Waals surface area contributed by atoms with Gasteiger partial charge >= 0.3 is 11.9 Å². The molecule has 0 saturated carbocycles. The largest absolute Gasteiger partial charge is 0.507 e. The highest BCUT2D eigenvalue weighted by molar-refractivity contribution is 6.23. The van der Waals surface area contributed by atoms with Crippen LogP contribution in [0.15, 0.2) is 76.5 Å². The first kappa shape index (κ1) is 63.7. The highest BCUT2D eigenvalue weighted by Gasteiger charge is 2.48. The molecule has 22 nitrogen and oxygen atoms in total. The minimum absolute atomic E-state index is 0.0265. The number of piperazine rings is 1. The monoisotopic (exact) mass is 1220 g/mol. The summed E-state index contributed by atoms with van der Waals surface area (Å²) in [6.45, 7) is 13.2. The molecule has 25 heteroatoms. The molecule has 5 bridgehead atoms. The van der Waals surface area contributed by atoms with Gasteiger partial charge in [-0.25, -0.2) is 22.9 Å². The van der Waals surface area contributed by atoms with E-state index in [1.54, 1.807) is 43.7 Å². The number of allylic oxidation sites excluding steroid dienone is 2. The molecule has 0 spiro atoms. The maximum atomic E-state index is 16.0. The number of aliphatic hydroxyl groups excluding tert-OH is 2. The average molecular weight is 1220 g/mol. The summed E-state index contributed by atoms with van der Waals surface area (Å²) in [6.07, 6.45) is 5.44. The molecule has 2 fully saturated rings. The lowest BCUT2D eigenvalue weighted by molar-refractivity contribution is -0.160. The lowest BCUT2D eigenvalue weighted by atomic mass is 9.78. The number of carboxylic acids is 1. The number of aromatic nitrogens is 2. The van der Waals surface area contributed by atoms with Gasteiger partial charge in [-0.3, -0.25) is 33.5 Å². The van der Waals surface area contributed by atoms with Gasteiger partial charge in [-0.15, -0.1) is 0 Å². The number of halogens is 3.